The summed E-state index contributed by atoms with van der Waals surface area (Å²) in [6.07, 6.45) is 12.4. The SMILES string of the molecule is C=C(C)[C@@H]1CCC(C)=C[C@H]1c1c(O)cc(OC(=O)CCCCOC(=O)CC2(CN)CCCCC2)cc1OC(=O)CCCCOC(=O)C[C@@H](CN)CC(C)C. The van der Waals surface area contributed by atoms with Gasteiger partial charge in [0, 0.05) is 42.9 Å². The molecule has 302 valence electrons. The maximum absolute atomic E-state index is 13.1. The van der Waals surface area contributed by atoms with Gasteiger partial charge in [-0.3, -0.25) is 19.2 Å². The number of carbonyl (C=O) groups excluding carboxylic acids is 4. The molecule has 0 saturated heterocycles. The van der Waals surface area contributed by atoms with E-state index in [4.69, 9.17) is 30.4 Å². The fourth-order valence-corrected chi connectivity index (χ4v) is 7.78. The molecule has 0 aliphatic heterocycles. The summed E-state index contributed by atoms with van der Waals surface area (Å²) < 4.78 is 22.3. The fraction of sp³-hybridized carbons (Fsp3) is 0.674. The van der Waals surface area contributed by atoms with Crippen molar-refractivity contribution in [2.24, 2.45) is 34.6 Å². The fourth-order valence-electron chi connectivity index (χ4n) is 7.78. The van der Waals surface area contributed by atoms with E-state index in [-0.39, 0.29) is 84.8 Å². The van der Waals surface area contributed by atoms with Crippen LogP contribution in [0.25, 0.3) is 0 Å². The highest BCUT2D eigenvalue weighted by Gasteiger charge is 2.34. The molecule has 0 bridgehead atoms. The van der Waals surface area contributed by atoms with Crippen molar-refractivity contribution >= 4 is 23.9 Å². The lowest BCUT2D eigenvalue weighted by Crippen LogP contribution is -2.35. The van der Waals surface area contributed by atoms with Gasteiger partial charge in [-0.25, -0.2) is 0 Å². The van der Waals surface area contributed by atoms with Crippen molar-refractivity contribution in [1.82, 2.24) is 0 Å². The van der Waals surface area contributed by atoms with Gasteiger partial charge in [0.2, 0.25) is 0 Å². The van der Waals surface area contributed by atoms with Crippen LogP contribution in [0.15, 0.2) is 35.9 Å². The molecule has 0 radical (unpaired) electrons. The van der Waals surface area contributed by atoms with E-state index in [2.05, 4.69) is 26.5 Å². The molecule has 2 aliphatic rings. The normalized spacial score (nSPS) is 18.7. The molecule has 1 fully saturated rings. The quantitative estimate of drug-likeness (QED) is 0.0453. The van der Waals surface area contributed by atoms with Crippen LogP contribution in [0.4, 0.5) is 0 Å². The van der Waals surface area contributed by atoms with Crippen LogP contribution < -0.4 is 20.9 Å². The highest BCUT2D eigenvalue weighted by atomic mass is 16.6. The molecule has 0 spiro atoms. The highest BCUT2D eigenvalue weighted by molar-refractivity contribution is 5.76. The first-order valence-corrected chi connectivity index (χ1v) is 20.1. The molecule has 0 aromatic heterocycles. The zero-order valence-electron chi connectivity index (χ0n) is 33.3. The largest absolute Gasteiger partial charge is 0.507 e. The molecule has 11 heteroatoms. The number of ether oxygens (including phenoxy) is 4. The molecule has 1 aromatic rings. The van der Waals surface area contributed by atoms with Crippen LogP contribution in [0.5, 0.6) is 17.2 Å². The third-order valence-corrected chi connectivity index (χ3v) is 10.8. The average Bonchev–Trinajstić information content (AvgIpc) is 3.10. The minimum Gasteiger partial charge on any atom is -0.507 e. The van der Waals surface area contributed by atoms with Crippen LogP contribution >= 0.6 is 0 Å². The lowest BCUT2D eigenvalue weighted by atomic mass is 9.72. The molecule has 3 atom stereocenters. The van der Waals surface area contributed by atoms with Gasteiger partial charge >= 0.3 is 23.9 Å². The van der Waals surface area contributed by atoms with Gasteiger partial charge in [0.15, 0.2) is 0 Å². The molecule has 0 heterocycles. The van der Waals surface area contributed by atoms with E-state index >= 15 is 0 Å². The Morgan fingerprint density at radius 1 is 0.907 bits per heavy atom. The number of nitrogens with two attached hydrogens (primary N) is 2. The van der Waals surface area contributed by atoms with E-state index in [1.165, 1.54) is 18.6 Å². The molecular weight excluding hydrogens is 688 g/mol. The number of benzene rings is 1. The lowest BCUT2D eigenvalue weighted by molar-refractivity contribution is -0.147. The summed E-state index contributed by atoms with van der Waals surface area (Å²) in [6, 6.07) is 2.86. The van der Waals surface area contributed by atoms with Crippen LogP contribution in [-0.2, 0) is 28.7 Å². The number of carbonyl (C=O) groups is 4. The summed E-state index contributed by atoms with van der Waals surface area (Å²) in [7, 11) is 0. The summed E-state index contributed by atoms with van der Waals surface area (Å²) in [5.41, 5.74) is 14.2. The van der Waals surface area contributed by atoms with Crippen molar-refractivity contribution in [1.29, 1.82) is 0 Å². The number of phenolic OH excluding ortho intramolecular Hbond substituents is 1. The molecule has 1 aromatic carbocycles. The van der Waals surface area contributed by atoms with E-state index in [1.807, 2.05) is 13.8 Å². The van der Waals surface area contributed by atoms with Crippen LogP contribution in [0.2, 0.25) is 0 Å². The second-order valence-corrected chi connectivity index (χ2v) is 16.1. The monoisotopic (exact) mass is 754 g/mol. The minimum atomic E-state index is -0.528. The number of phenols is 1. The van der Waals surface area contributed by atoms with E-state index in [0.717, 1.165) is 56.1 Å². The zero-order chi connectivity index (χ0) is 39.7. The number of unbranched alkanes of at least 4 members (excludes halogenated alkanes) is 2. The third-order valence-electron chi connectivity index (χ3n) is 10.8. The summed E-state index contributed by atoms with van der Waals surface area (Å²) >= 11 is 0. The number of hydrogen-bond donors (Lipinski definition) is 3. The molecule has 0 amide bonds. The average molecular weight is 755 g/mol. The van der Waals surface area contributed by atoms with Gasteiger partial charge < -0.3 is 35.5 Å². The van der Waals surface area contributed by atoms with Gasteiger partial charge in [0.25, 0.3) is 0 Å². The molecular formula is C43H66N2O9. The number of esters is 4. The minimum absolute atomic E-state index is 0.0113. The van der Waals surface area contributed by atoms with E-state index in [0.29, 0.717) is 56.7 Å². The molecule has 2 aliphatic carbocycles. The Hall–Kier alpha value is -3.70. The van der Waals surface area contributed by atoms with Crippen LogP contribution in [-0.4, -0.2) is 55.3 Å². The van der Waals surface area contributed by atoms with E-state index in [1.54, 1.807) is 0 Å². The Morgan fingerprint density at radius 2 is 1.54 bits per heavy atom. The van der Waals surface area contributed by atoms with E-state index in [9.17, 15) is 24.3 Å². The summed E-state index contributed by atoms with van der Waals surface area (Å²) in [5.74, 6) is -1.34. The summed E-state index contributed by atoms with van der Waals surface area (Å²) in [6.45, 7) is 13.6. The zero-order valence-corrected chi connectivity index (χ0v) is 33.3. The van der Waals surface area contributed by atoms with Gasteiger partial charge in [0.05, 0.1) is 19.6 Å². The maximum Gasteiger partial charge on any atom is 0.311 e. The van der Waals surface area contributed by atoms with Crippen molar-refractivity contribution in [3.05, 3.63) is 41.5 Å². The van der Waals surface area contributed by atoms with E-state index < -0.39 is 11.9 Å². The first kappa shape index (κ1) is 44.7. The molecule has 3 rings (SSSR count). The van der Waals surface area contributed by atoms with Gasteiger partial charge in [-0.1, -0.05) is 56.9 Å². The maximum atomic E-state index is 13.1. The van der Waals surface area contributed by atoms with Crippen molar-refractivity contribution in [3.8, 4) is 17.2 Å². The second-order valence-electron chi connectivity index (χ2n) is 16.1. The summed E-state index contributed by atoms with van der Waals surface area (Å²) in [5, 5.41) is 11.4. The standard InChI is InChI=1S/C43H66N2O9/c1-29(2)21-32(27-44)23-40(49)51-19-11-8-14-39(48)54-37-25-33(24-36(46)42(37)35-22-31(5)15-16-34(35)30(3)4)53-38(47)13-7-12-20-52-41(50)26-43(28-45)17-9-6-10-18-43/h22,24-25,29,32,34-35,46H,3,6-21,23,26-28,44-45H2,1-2,4-5H3/t32-,34-,35+/m0/s1. The number of hydrogen-bond acceptors (Lipinski definition) is 11. The molecule has 54 heavy (non-hydrogen) atoms. The number of allylic oxidation sites excluding steroid dienone is 3. The first-order chi connectivity index (χ1) is 25.8. The van der Waals surface area contributed by atoms with Crippen molar-refractivity contribution in [2.45, 2.75) is 136 Å². The van der Waals surface area contributed by atoms with Crippen LogP contribution in [0.1, 0.15) is 142 Å². The van der Waals surface area contributed by atoms with Gasteiger partial charge in [-0.2, -0.15) is 0 Å². The van der Waals surface area contributed by atoms with Crippen molar-refractivity contribution in [3.63, 3.8) is 0 Å². The Kier molecular flexibility index (Phi) is 18.7. The Morgan fingerprint density at radius 3 is 2.13 bits per heavy atom. The smallest absolute Gasteiger partial charge is 0.311 e. The van der Waals surface area contributed by atoms with Crippen LogP contribution in [0.3, 0.4) is 0 Å². The topological polar surface area (TPSA) is 177 Å². The van der Waals surface area contributed by atoms with Gasteiger partial charge in [0.1, 0.15) is 17.2 Å². The Bertz CT molecular complexity index is 1450. The summed E-state index contributed by atoms with van der Waals surface area (Å²) in [4.78, 5) is 50.8. The predicted molar refractivity (Wildman–Crippen MR) is 209 cm³/mol. The van der Waals surface area contributed by atoms with Gasteiger partial charge in [-0.05, 0) is 108 Å². The Balaban J connectivity index is 1.59. The molecule has 11 nitrogen and oxygen atoms in total. The lowest BCUT2D eigenvalue weighted by Gasteiger charge is -2.35. The predicted octanol–water partition coefficient (Wildman–Crippen LogP) is 7.96. The van der Waals surface area contributed by atoms with Crippen LogP contribution in [0, 0.1) is 23.2 Å². The molecule has 1 saturated carbocycles. The second kappa shape index (κ2) is 22.6. The molecule has 5 N–H and O–H groups in total. The first-order valence-electron chi connectivity index (χ1n) is 20.1. The van der Waals surface area contributed by atoms with Crippen molar-refractivity contribution < 1.29 is 43.2 Å². The number of aromatic hydroxyl groups is 1. The van der Waals surface area contributed by atoms with Crippen molar-refractivity contribution in [2.75, 3.05) is 26.3 Å². The van der Waals surface area contributed by atoms with Gasteiger partial charge in [-0.15, -0.1) is 0 Å². The Labute approximate surface area is 322 Å². The number of rotatable bonds is 22. The highest BCUT2D eigenvalue weighted by Crippen LogP contribution is 2.48. The third kappa shape index (κ3) is 14.9. The molecule has 0 unspecified atom stereocenters.